The summed E-state index contributed by atoms with van der Waals surface area (Å²) in [7, 11) is -3.23. The minimum absolute atomic E-state index is 0.119. The fraction of sp³-hybridized carbons (Fsp3) is 0.684. The molecule has 0 radical (unpaired) electrons. The Hall–Kier alpha value is -0.910. The molecule has 4 nitrogen and oxygen atoms in total. The van der Waals surface area contributed by atoms with Crippen LogP contribution in [-0.2, 0) is 9.84 Å². The predicted molar refractivity (Wildman–Crippen MR) is 98.0 cm³/mol. The molecule has 0 spiro atoms. The molecule has 5 heteroatoms. The molecule has 0 amide bonds. The summed E-state index contributed by atoms with van der Waals surface area (Å²) in [6, 6.07) is 9.07. The predicted octanol–water partition coefficient (Wildman–Crippen LogP) is 2.80. The summed E-state index contributed by atoms with van der Waals surface area (Å²) in [5.74, 6) is 0.244. The van der Waals surface area contributed by atoms with E-state index in [4.69, 9.17) is 0 Å². The van der Waals surface area contributed by atoms with Crippen LogP contribution in [0.1, 0.15) is 38.5 Å². The number of rotatable bonds is 6. The Labute approximate surface area is 146 Å². The van der Waals surface area contributed by atoms with Crippen molar-refractivity contribution in [2.75, 3.05) is 38.5 Å². The topological polar surface area (TPSA) is 40.6 Å². The molecule has 1 atom stereocenters. The highest BCUT2D eigenvalue weighted by Gasteiger charge is 2.29. The third kappa shape index (κ3) is 4.80. The fourth-order valence-corrected chi connectivity index (χ4v) is 5.56. The number of benzene rings is 1. The highest BCUT2D eigenvalue weighted by molar-refractivity contribution is 7.91. The Bertz CT molecular complexity index is 591. The van der Waals surface area contributed by atoms with Crippen LogP contribution in [0.5, 0.6) is 0 Å². The Morgan fingerprint density at radius 3 is 2.04 bits per heavy atom. The quantitative estimate of drug-likeness (QED) is 0.791. The van der Waals surface area contributed by atoms with Gasteiger partial charge in [0.05, 0.1) is 10.6 Å². The number of likely N-dealkylation sites (tertiary alicyclic amines) is 2. The standard InChI is InChI=1S/C19H30N2O2S/c22-24(23,19-10-4-1-5-11-19)17-18(21-14-8-3-9-15-21)16-20-12-6-2-7-13-20/h1,4-5,10-11,18H,2-3,6-9,12-17H2/t18-/m1/s1. The molecule has 1 aromatic carbocycles. The van der Waals surface area contributed by atoms with Crippen LogP contribution in [0.4, 0.5) is 0 Å². The lowest BCUT2D eigenvalue weighted by Crippen LogP contribution is -2.50. The molecule has 0 aromatic heterocycles. The monoisotopic (exact) mass is 350 g/mol. The average Bonchev–Trinajstić information content (AvgIpc) is 2.63. The van der Waals surface area contributed by atoms with Crippen molar-refractivity contribution >= 4 is 9.84 Å². The Balaban J connectivity index is 1.73. The van der Waals surface area contributed by atoms with Crippen LogP contribution >= 0.6 is 0 Å². The number of sulfone groups is 1. The molecule has 134 valence electrons. The van der Waals surface area contributed by atoms with Gasteiger partial charge in [0.2, 0.25) is 0 Å². The van der Waals surface area contributed by atoms with Gasteiger partial charge in [-0.2, -0.15) is 0 Å². The van der Waals surface area contributed by atoms with E-state index in [-0.39, 0.29) is 11.8 Å². The van der Waals surface area contributed by atoms with E-state index >= 15 is 0 Å². The van der Waals surface area contributed by atoms with E-state index in [1.54, 1.807) is 12.1 Å². The number of nitrogens with zero attached hydrogens (tertiary/aromatic N) is 2. The van der Waals surface area contributed by atoms with Crippen LogP contribution in [0.15, 0.2) is 35.2 Å². The molecule has 0 unspecified atom stereocenters. The Morgan fingerprint density at radius 1 is 0.833 bits per heavy atom. The van der Waals surface area contributed by atoms with E-state index in [1.807, 2.05) is 18.2 Å². The first-order valence-electron chi connectivity index (χ1n) is 9.39. The number of hydrogen-bond acceptors (Lipinski definition) is 4. The number of piperidine rings is 2. The molecule has 2 fully saturated rings. The smallest absolute Gasteiger partial charge is 0.179 e. The summed E-state index contributed by atoms with van der Waals surface area (Å²) in [5.41, 5.74) is 0. The normalized spacial score (nSPS) is 22.3. The van der Waals surface area contributed by atoms with E-state index in [1.165, 1.54) is 38.5 Å². The van der Waals surface area contributed by atoms with Gasteiger partial charge in [-0.05, 0) is 64.0 Å². The zero-order valence-corrected chi connectivity index (χ0v) is 15.4. The first-order chi connectivity index (χ1) is 11.6. The van der Waals surface area contributed by atoms with Crippen molar-refractivity contribution in [3.63, 3.8) is 0 Å². The Morgan fingerprint density at radius 2 is 1.42 bits per heavy atom. The second-order valence-electron chi connectivity index (χ2n) is 7.21. The third-order valence-corrected chi connectivity index (χ3v) is 7.15. The maximum Gasteiger partial charge on any atom is 0.179 e. The minimum Gasteiger partial charge on any atom is -0.302 e. The summed E-state index contributed by atoms with van der Waals surface area (Å²) in [6.07, 6.45) is 7.48. The summed E-state index contributed by atoms with van der Waals surface area (Å²) < 4.78 is 25.8. The zero-order valence-electron chi connectivity index (χ0n) is 14.6. The van der Waals surface area contributed by atoms with Crippen molar-refractivity contribution < 1.29 is 8.42 Å². The van der Waals surface area contributed by atoms with Gasteiger partial charge in [-0.3, -0.25) is 4.90 Å². The van der Waals surface area contributed by atoms with Crippen LogP contribution in [0.25, 0.3) is 0 Å². The minimum atomic E-state index is -3.23. The molecule has 2 aliphatic rings. The summed E-state index contributed by atoms with van der Waals surface area (Å²) in [6.45, 7) is 5.23. The average molecular weight is 351 g/mol. The van der Waals surface area contributed by atoms with Crippen LogP contribution < -0.4 is 0 Å². The number of hydrogen-bond donors (Lipinski definition) is 0. The molecule has 0 aliphatic carbocycles. The van der Waals surface area contributed by atoms with Gasteiger partial charge in [-0.25, -0.2) is 8.42 Å². The molecular weight excluding hydrogens is 320 g/mol. The van der Waals surface area contributed by atoms with E-state index in [2.05, 4.69) is 9.80 Å². The van der Waals surface area contributed by atoms with Crippen molar-refractivity contribution in [2.24, 2.45) is 0 Å². The van der Waals surface area contributed by atoms with E-state index in [9.17, 15) is 8.42 Å². The second-order valence-corrected chi connectivity index (χ2v) is 9.24. The maximum absolute atomic E-state index is 12.9. The van der Waals surface area contributed by atoms with Crippen molar-refractivity contribution in [3.05, 3.63) is 30.3 Å². The highest BCUT2D eigenvalue weighted by Crippen LogP contribution is 2.20. The van der Waals surface area contributed by atoms with Gasteiger partial charge in [0.15, 0.2) is 9.84 Å². The van der Waals surface area contributed by atoms with Crippen molar-refractivity contribution in [3.8, 4) is 0 Å². The molecule has 24 heavy (non-hydrogen) atoms. The van der Waals surface area contributed by atoms with Gasteiger partial charge < -0.3 is 4.90 Å². The van der Waals surface area contributed by atoms with Crippen molar-refractivity contribution in [1.29, 1.82) is 0 Å². The van der Waals surface area contributed by atoms with Gasteiger partial charge in [-0.1, -0.05) is 31.0 Å². The van der Waals surface area contributed by atoms with Gasteiger partial charge in [0.25, 0.3) is 0 Å². The first-order valence-corrected chi connectivity index (χ1v) is 11.0. The van der Waals surface area contributed by atoms with E-state index in [0.717, 1.165) is 32.7 Å². The lowest BCUT2D eigenvalue weighted by molar-refractivity contribution is 0.119. The van der Waals surface area contributed by atoms with Crippen LogP contribution in [0.2, 0.25) is 0 Å². The molecule has 2 aliphatic heterocycles. The van der Waals surface area contributed by atoms with Crippen molar-refractivity contribution in [1.82, 2.24) is 9.80 Å². The third-order valence-electron chi connectivity index (χ3n) is 5.34. The summed E-state index contributed by atoms with van der Waals surface area (Å²) in [5, 5.41) is 0. The van der Waals surface area contributed by atoms with Gasteiger partial charge in [-0.15, -0.1) is 0 Å². The molecule has 2 saturated heterocycles. The van der Waals surface area contributed by atoms with Crippen molar-refractivity contribution in [2.45, 2.75) is 49.5 Å². The Kier molecular flexibility index (Phi) is 6.31. The lowest BCUT2D eigenvalue weighted by atomic mass is 10.1. The van der Waals surface area contributed by atoms with Gasteiger partial charge in [0.1, 0.15) is 0 Å². The van der Waals surface area contributed by atoms with Crippen LogP contribution in [0, 0.1) is 0 Å². The largest absolute Gasteiger partial charge is 0.302 e. The van der Waals surface area contributed by atoms with Crippen LogP contribution in [0.3, 0.4) is 0 Å². The van der Waals surface area contributed by atoms with Gasteiger partial charge >= 0.3 is 0 Å². The molecular formula is C19H30N2O2S. The van der Waals surface area contributed by atoms with E-state index < -0.39 is 9.84 Å². The molecule has 3 rings (SSSR count). The first kappa shape index (κ1) is 17.9. The summed E-state index contributed by atoms with van der Waals surface area (Å²) >= 11 is 0. The molecule has 2 heterocycles. The lowest BCUT2D eigenvalue weighted by Gasteiger charge is -2.38. The highest BCUT2D eigenvalue weighted by atomic mass is 32.2. The second kappa shape index (κ2) is 8.45. The SMILES string of the molecule is O=S(=O)(C[C@@H](CN1CCCCC1)N1CCCCC1)c1ccccc1. The van der Waals surface area contributed by atoms with Crippen LogP contribution in [-0.4, -0.2) is 62.7 Å². The zero-order chi connectivity index (χ0) is 16.8. The molecule has 0 saturated carbocycles. The summed E-state index contributed by atoms with van der Waals surface area (Å²) in [4.78, 5) is 5.37. The maximum atomic E-state index is 12.9. The van der Waals surface area contributed by atoms with Gasteiger partial charge in [0, 0.05) is 12.6 Å². The molecule has 1 aromatic rings. The fourth-order valence-electron chi connectivity index (χ4n) is 3.97. The molecule has 0 N–H and O–H groups in total. The van der Waals surface area contributed by atoms with E-state index in [0.29, 0.717) is 4.90 Å². The molecule has 0 bridgehead atoms.